The van der Waals surface area contributed by atoms with E-state index < -0.39 is 0 Å². The second kappa shape index (κ2) is 4.76. The van der Waals surface area contributed by atoms with Gasteiger partial charge in [0.2, 0.25) is 0 Å². The first-order valence-corrected chi connectivity index (χ1v) is 6.38. The highest BCUT2D eigenvalue weighted by atomic mass is 16.2. The van der Waals surface area contributed by atoms with Gasteiger partial charge in [0.15, 0.2) is 0 Å². The number of carbonyl (C=O) groups is 1. The van der Waals surface area contributed by atoms with Gasteiger partial charge >= 0.3 is 0 Å². The normalized spacial score (nSPS) is 10.5. The number of fused-ring (bicyclic) bond motifs is 1. The fourth-order valence-corrected chi connectivity index (χ4v) is 2.40. The number of nitrogens with zero attached hydrogens (tertiary/aromatic N) is 3. The minimum atomic E-state index is -0.189. The zero-order valence-electron chi connectivity index (χ0n) is 11.4. The van der Waals surface area contributed by atoms with Crippen molar-refractivity contribution in [3.63, 3.8) is 0 Å². The first-order valence-electron chi connectivity index (χ1n) is 6.38. The molecule has 0 spiro atoms. The maximum atomic E-state index is 12.7. The van der Waals surface area contributed by atoms with Crippen LogP contribution in [0.5, 0.6) is 0 Å². The van der Waals surface area contributed by atoms with Crippen molar-refractivity contribution < 1.29 is 4.79 Å². The maximum Gasteiger partial charge on any atom is 0.262 e. The Labute approximate surface area is 121 Å². The summed E-state index contributed by atoms with van der Waals surface area (Å²) in [6.07, 6.45) is 1.46. The van der Waals surface area contributed by atoms with Gasteiger partial charge in [-0.2, -0.15) is 5.26 Å². The number of aromatic nitrogens is 2. The molecule has 0 aliphatic heterocycles. The molecule has 2 heterocycles. The Morgan fingerprint density at radius 2 is 2.10 bits per heavy atom. The molecule has 0 radical (unpaired) electrons. The Balaban J connectivity index is 2.18. The quantitative estimate of drug-likeness (QED) is 0.692. The van der Waals surface area contributed by atoms with Crippen molar-refractivity contribution in [2.75, 3.05) is 5.73 Å². The molecular weight excluding hydrogens is 264 g/mol. The molecule has 5 heteroatoms. The summed E-state index contributed by atoms with van der Waals surface area (Å²) in [5.74, 6) is -0.189. The van der Waals surface area contributed by atoms with Crippen LogP contribution in [0.3, 0.4) is 0 Å². The van der Waals surface area contributed by atoms with E-state index in [9.17, 15) is 4.79 Å². The van der Waals surface area contributed by atoms with Crippen LogP contribution in [0.15, 0.2) is 42.6 Å². The molecule has 2 N–H and O–H groups in total. The summed E-state index contributed by atoms with van der Waals surface area (Å²) in [6, 6.07) is 12.4. The minimum Gasteiger partial charge on any atom is -0.399 e. The van der Waals surface area contributed by atoms with Crippen molar-refractivity contribution in [3.8, 4) is 6.07 Å². The topological polar surface area (TPSA) is 84.7 Å². The van der Waals surface area contributed by atoms with E-state index in [1.165, 1.54) is 12.3 Å². The van der Waals surface area contributed by atoms with Crippen LogP contribution in [-0.2, 0) is 0 Å². The molecule has 0 bridgehead atoms. The first kappa shape index (κ1) is 12.9. The van der Waals surface area contributed by atoms with Gasteiger partial charge in [-0.25, -0.2) is 4.98 Å². The number of carbonyl (C=O) groups excluding carboxylic acids is 1. The van der Waals surface area contributed by atoms with Crippen LogP contribution < -0.4 is 5.73 Å². The van der Waals surface area contributed by atoms with Crippen molar-refractivity contribution >= 4 is 22.5 Å². The largest absolute Gasteiger partial charge is 0.399 e. The monoisotopic (exact) mass is 276 g/mol. The van der Waals surface area contributed by atoms with E-state index in [4.69, 9.17) is 11.0 Å². The third-order valence-corrected chi connectivity index (χ3v) is 3.33. The molecule has 0 saturated carbocycles. The summed E-state index contributed by atoms with van der Waals surface area (Å²) >= 11 is 0. The molecule has 3 aromatic rings. The Morgan fingerprint density at radius 1 is 1.29 bits per heavy atom. The van der Waals surface area contributed by atoms with Crippen molar-refractivity contribution in [3.05, 3.63) is 59.5 Å². The van der Waals surface area contributed by atoms with Crippen LogP contribution in [0.4, 0.5) is 5.69 Å². The number of nitrogens with two attached hydrogens (primary N) is 1. The van der Waals surface area contributed by atoms with Crippen molar-refractivity contribution in [1.82, 2.24) is 9.55 Å². The lowest BCUT2D eigenvalue weighted by Gasteiger charge is -2.07. The number of pyridine rings is 1. The molecule has 21 heavy (non-hydrogen) atoms. The number of nitriles is 1. The Morgan fingerprint density at radius 3 is 2.86 bits per heavy atom. The third-order valence-electron chi connectivity index (χ3n) is 3.33. The van der Waals surface area contributed by atoms with Crippen LogP contribution in [-0.4, -0.2) is 15.5 Å². The first-order chi connectivity index (χ1) is 10.1. The summed E-state index contributed by atoms with van der Waals surface area (Å²) in [4.78, 5) is 16.6. The van der Waals surface area contributed by atoms with Crippen molar-refractivity contribution in [2.24, 2.45) is 0 Å². The molecule has 0 saturated heterocycles. The molecule has 2 aromatic heterocycles. The van der Waals surface area contributed by atoms with Crippen molar-refractivity contribution in [1.29, 1.82) is 5.26 Å². The molecule has 5 nitrogen and oxygen atoms in total. The molecule has 102 valence electrons. The number of anilines is 1. The van der Waals surface area contributed by atoms with Crippen molar-refractivity contribution in [2.45, 2.75) is 6.92 Å². The number of hydrogen-bond acceptors (Lipinski definition) is 4. The predicted octanol–water partition coefficient (Wildman–Crippen LogP) is 2.49. The summed E-state index contributed by atoms with van der Waals surface area (Å²) in [5, 5.41) is 9.80. The zero-order chi connectivity index (χ0) is 15.0. The minimum absolute atomic E-state index is 0.189. The maximum absolute atomic E-state index is 12.7. The molecule has 3 rings (SSSR count). The fraction of sp³-hybridized carbons (Fsp3) is 0.0625. The molecule has 0 atom stereocenters. The van der Waals surface area contributed by atoms with Gasteiger partial charge in [0.25, 0.3) is 5.91 Å². The average Bonchev–Trinajstić information content (AvgIpc) is 2.81. The predicted molar refractivity (Wildman–Crippen MR) is 79.8 cm³/mol. The smallest absolute Gasteiger partial charge is 0.262 e. The molecule has 0 aliphatic carbocycles. The molecule has 1 aromatic carbocycles. The van der Waals surface area contributed by atoms with E-state index in [1.807, 2.05) is 31.2 Å². The van der Waals surface area contributed by atoms with Gasteiger partial charge in [0.1, 0.15) is 11.8 Å². The highest BCUT2D eigenvalue weighted by molar-refractivity contribution is 6.03. The number of nitrogen functional groups attached to an aromatic ring is 1. The van der Waals surface area contributed by atoms with Crippen LogP contribution in [0.1, 0.15) is 21.7 Å². The molecule has 0 amide bonds. The van der Waals surface area contributed by atoms with Crippen LogP contribution >= 0.6 is 0 Å². The van der Waals surface area contributed by atoms with Gasteiger partial charge in [0, 0.05) is 28.5 Å². The SMILES string of the molecule is Cc1cc2cc(N)ccc2n1C(=O)c1ccnc(C#N)c1. The van der Waals surface area contributed by atoms with Crippen LogP contribution in [0.2, 0.25) is 0 Å². The Bertz CT molecular complexity index is 902. The van der Waals surface area contributed by atoms with Crippen LogP contribution in [0, 0.1) is 18.3 Å². The van der Waals surface area contributed by atoms with E-state index >= 15 is 0 Å². The lowest BCUT2D eigenvalue weighted by molar-refractivity contribution is 0.0963. The van der Waals surface area contributed by atoms with E-state index in [0.29, 0.717) is 11.3 Å². The van der Waals surface area contributed by atoms with Gasteiger partial charge in [-0.05, 0) is 43.3 Å². The Hall–Kier alpha value is -3.13. The van der Waals surface area contributed by atoms with Gasteiger partial charge in [0.05, 0.1) is 5.52 Å². The van der Waals surface area contributed by atoms with E-state index in [-0.39, 0.29) is 11.6 Å². The van der Waals surface area contributed by atoms with Gasteiger partial charge in [-0.3, -0.25) is 9.36 Å². The molecular formula is C16H12N4O. The number of aryl methyl sites for hydroxylation is 1. The standard InChI is InChI=1S/C16H12N4O/c1-10-6-12-7-13(18)2-3-15(12)20(10)16(21)11-4-5-19-14(8-11)9-17/h2-8H,18H2,1H3. The number of benzene rings is 1. The van der Waals surface area contributed by atoms with Gasteiger partial charge < -0.3 is 5.73 Å². The highest BCUT2D eigenvalue weighted by Crippen LogP contribution is 2.23. The Kier molecular flexibility index (Phi) is 2.92. The van der Waals surface area contributed by atoms with Gasteiger partial charge in [-0.1, -0.05) is 0 Å². The second-order valence-corrected chi connectivity index (χ2v) is 4.79. The van der Waals surface area contributed by atoms with E-state index in [1.54, 1.807) is 16.7 Å². The highest BCUT2D eigenvalue weighted by Gasteiger charge is 2.15. The van der Waals surface area contributed by atoms with E-state index in [0.717, 1.165) is 16.6 Å². The number of rotatable bonds is 1. The lowest BCUT2D eigenvalue weighted by atomic mass is 10.2. The zero-order valence-corrected chi connectivity index (χ0v) is 11.4. The third kappa shape index (κ3) is 2.13. The summed E-state index contributed by atoms with van der Waals surface area (Å²) in [5.41, 5.74) is 8.69. The molecule has 0 unspecified atom stereocenters. The van der Waals surface area contributed by atoms with E-state index in [2.05, 4.69) is 4.98 Å². The fourth-order valence-electron chi connectivity index (χ4n) is 2.40. The van der Waals surface area contributed by atoms with Gasteiger partial charge in [-0.15, -0.1) is 0 Å². The molecule has 0 fully saturated rings. The lowest BCUT2D eigenvalue weighted by Crippen LogP contribution is -2.13. The second-order valence-electron chi connectivity index (χ2n) is 4.79. The summed E-state index contributed by atoms with van der Waals surface area (Å²) < 4.78 is 1.62. The van der Waals surface area contributed by atoms with Crippen LogP contribution in [0.25, 0.3) is 10.9 Å². The average molecular weight is 276 g/mol. The number of hydrogen-bond donors (Lipinski definition) is 1. The summed E-state index contributed by atoms with van der Waals surface area (Å²) in [6.45, 7) is 1.86. The summed E-state index contributed by atoms with van der Waals surface area (Å²) in [7, 11) is 0. The molecule has 0 aliphatic rings.